The maximum atomic E-state index is 11.6. The van der Waals surface area contributed by atoms with Gasteiger partial charge in [0.25, 0.3) is 0 Å². The van der Waals surface area contributed by atoms with Crippen LogP contribution in [0.5, 0.6) is 0 Å². The first-order valence-electron chi connectivity index (χ1n) is 5.82. The maximum Gasteiger partial charge on any atom is 0.224 e. The monoisotopic (exact) mass is 250 g/mol. The first-order chi connectivity index (χ1) is 7.34. The fourth-order valence-corrected chi connectivity index (χ4v) is 1.80. The van der Waals surface area contributed by atoms with Crippen molar-refractivity contribution in [2.75, 3.05) is 33.4 Å². The van der Waals surface area contributed by atoms with E-state index >= 15 is 0 Å². The minimum absolute atomic E-state index is 0. The molecule has 1 unspecified atom stereocenters. The number of unbranched alkanes of at least 4 members (excludes halogenated alkanes) is 1. The van der Waals surface area contributed by atoms with Crippen molar-refractivity contribution in [1.82, 2.24) is 10.6 Å². The topological polar surface area (TPSA) is 50.4 Å². The van der Waals surface area contributed by atoms with Crippen LogP contribution in [0.3, 0.4) is 0 Å². The van der Waals surface area contributed by atoms with E-state index in [-0.39, 0.29) is 24.2 Å². The van der Waals surface area contributed by atoms with Crippen LogP contribution in [-0.4, -0.2) is 39.3 Å². The zero-order chi connectivity index (χ0) is 10.9. The van der Waals surface area contributed by atoms with Crippen molar-refractivity contribution in [2.45, 2.75) is 25.7 Å². The second-order valence-corrected chi connectivity index (χ2v) is 4.03. The summed E-state index contributed by atoms with van der Waals surface area (Å²) in [5.74, 6) is 0.390. The Balaban J connectivity index is 0.00000225. The van der Waals surface area contributed by atoms with E-state index in [1.807, 2.05) is 0 Å². The van der Waals surface area contributed by atoms with E-state index in [1.54, 1.807) is 7.11 Å². The summed E-state index contributed by atoms with van der Waals surface area (Å²) in [6.45, 7) is 3.45. The Morgan fingerprint density at radius 1 is 1.50 bits per heavy atom. The Labute approximate surface area is 104 Å². The first kappa shape index (κ1) is 15.7. The summed E-state index contributed by atoms with van der Waals surface area (Å²) in [7, 11) is 1.70. The number of hydrogen-bond donors (Lipinski definition) is 2. The fourth-order valence-electron chi connectivity index (χ4n) is 1.80. The Morgan fingerprint density at radius 2 is 2.31 bits per heavy atom. The SMILES string of the molecule is COCCCCNC(=O)C1CCCNC1.Cl. The highest BCUT2D eigenvalue weighted by molar-refractivity contribution is 5.85. The van der Waals surface area contributed by atoms with E-state index in [9.17, 15) is 4.79 Å². The van der Waals surface area contributed by atoms with Crippen LogP contribution in [-0.2, 0) is 9.53 Å². The summed E-state index contributed by atoms with van der Waals surface area (Å²) in [4.78, 5) is 11.6. The highest BCUT2D eigenvalue weighted by Gasteiger charge is 2.19. The molecule has 4 nitrogen and oxygen atoms in total. The van der Waals surface area contributed by atoms with Gasteiger partial charge in [0, 0.05) is 26.8 Å². The van der Waals surface area contributed by atoms with Gasteiger partial charge in [-0.15, -0.1) is 12.4 Å². The normalized spacial score (nSPS) is 19.9. The molecule has 2 N–H and O–H groups in total. The number of piperidine rings is 1. The molecule has 1 heterocycles. The molecule has 0 aliphatic carbocycles. The van der Waals surface area contributed by atoms with Gasteiger partial charge in [0.15, 0.2) is 0 Å². The van der Waals surface area contributed by atoms with Gasteiger partial charge in [-0.3, -0.25) is 4.79 Å². The van der Waals surface area contributed by atoms with Crippen molar-refractivity contribution < 1.29 is 9.53 Å². The van der Waals surface area contributed by atoms with Crippen molar-refractivity contribution in [3.05, 3.63) is 0 Å². The second kappa shape index (κ2) is 9.87. The molecular weight excluding hydrogens is 228 g/mol. The number of carbonyl (C=O) groups excluding carboxylic acids is 1. The average Bonchev–Trinajstić information content (AvgIpc) is 2.30. The number of nitrogens with one attached hydrogen (secondary N) is 2. The zero-order valence-electron chi connectivity index (χ0n) is 9.96. The number of halogens is 1. The van der Waals surface area contributed by atoms with Crippen LogP contribution >= 0.6 is 12.4 Å². The minimum atomic E-state index is 0. The lowest BCUT2D eigenvalue weighted by Gasteiger charge is -2.21. The summed E-state index contributed by atoms with van der Waals surface area (Å²) < 4.78 is 4.94. The van der Waals surface area contributed by atoms with Crippen LogP contribution in [0.1, 0.15) is 25.7 Å². The molecule has 1 aliphatic rings. The first-order valence-corrected chi connectivity index (χ1v) is 5.82. The van der Waals surface area contributed by atoms with E-state index in [4.69, 9.17) is 4.74 Å². The largest absolute Gasteiger partial charge is 0.385 e. The summed E-state index contributed by atoms with van der Waals surface area (Å²) in [6, 6.07) is 0. The van der Waals surface area contributed by atoms with Crippen LogP contribution in [0.25, 0.3) is 0 Å². The van der Waals surface area contributed by atoms with Crippen LogP contribution in [0, 0.1) is 5.92 Å². The van der Waals surface area contributed by atoms with Gasteiger partial charge in [-0.05, 0) is 32.2 Å². The van der Waals surface area contributed by atoms with Crippen LogP contribution < -0.4 is 10.6 Å². The molecule has 0 aromatic rings. The van der Waals surface area contributed by atoms with Gasteiger partial charge in [-0.2, -0.15) is 0 Å². The number of amides is 1. The lowest BCUT2D eigenvalue weighted by atomic mass is 9.99. The molecule has 0 spiro atoms. The van der Waals surface area contributed by atoms with Crippen molar-refractivity contribution in [3.8, 4) is 0 Å². The van der Waals surface area contributed by atoms with Gasteiger partial charge >= 0.3 is 0 Å². The van der Waals surface area contributed by atoms with Crippen LogP contribution in [0.15, 0.2) is 0 Å². The zero-order valence-corrected chi connectivity index (χ0v) is 10.8. The standard InChI is InChI=1S/C11H22N2O2.ClH/c1-15-8-3-2-7-13-11(14)10-5-4-6-12-9-10;/h10,12H,2-9H2,1H3,(H,13,14);1H. The molecule has 0 aromatic heterocycles. The molecule has 5 heteroatoms. The lowest BCUT2D eigenvalue weighted by Crippen LogP contribution is -2.40. The van der Waals surface area contributed by atoms with Crippen molar-refractivity contribution in [1.29, 1.82) is 0 Å². The molecule has 1 saturated heterocycles. The third-order valence-corrected chi connectivity index (χ3v) is 2.74. The number of ether oxygens (including phenoxy) is 1. The molecule has 1 fully saturated rings. The van der Waals surface area contributed by atoms with Gasteiger partial charge in [0.1, 0.15) is 0 Å². The molecule has 0 radical (unpaired) electrons. The van der Waals surface area contributed by atoms with Crippen molar-refractivity contribution in [2.24, 2.45) is 5.92 Å². The average molecular weight is 251 g/mol. The van der Waals surface area contributed by atoms with Crippen LogP contribution in [0.2, 0.25) is 0 Å². The quantitative estimate of drug-likeness (QED) is 0.691. The Hall–Kier alpha value is -0.320. The van der Waals surface area contributed by atoms with Gasteiger partial charge in [0.05, 0.1) is 5.92 Å². The number of methoxy groups -OCH3 is 1. The molecule has 0 bridgehead atoms. The molecule has 1 aliphatic heterocycles. The molecule has 0 saturated carbocycles. The number of hydrogen-bond acceptors (Lipinski definition) is 3. The van der Waals surface area contributed by atoms with Gasteiger partial charge in [0.2, 0.25) is 5.91 Å². The number of carbonyl (C=O) groups is 1. The summed E-state index contributed by atoms with van der Waals surface area (Å²) in [6.07, 6.45) is 4.15. The summed E-state index contributed by atoms with van der Waals surface area (Å²) in [5.41, 5.74) is 0. The summed E-state index contributed by atoms with van der Waals surface area (Å²) >= 11 is 0. The van der Waals surface area contributed by atoms with Crippen molar-refractivity contribution >= 4 is 18.3 Å². The molecule has 1 rings (SSSR count). The predicted molar refractivity (Wildman–Crippen MR) is 67.0 cm³/mol. The molecular formula is C11H23ClN2O2. The van der Waals surface area contributed by atoms with Crippen molar-refractivity contribution in [3.63, 3.8) is 0 Å². The second-order valence-electron chi connectivity index (χ2n) is 4.03. The Bertz CT molecular complexity index is 185. The van der Waals surface area contributed by atoms with E-state index in [1.165, 1.54) is 0 Å². The molecule has 96 valence electrons. The highest BCUT2D eigenvalue weighted by Crippen LogP contribution is 2.09. The smallest absolute Gasteiger partial charge is 0.224 e. The number of rotatable bonds is 6. The summed E-state index contributed by atoms with van der Waals surface area (Å²) in [5, 5.41) is 6.22. The molecule has 1 amide bonds. The van der Waals surface area contributed by atoms with Gasteiger partial charge in [-0.25, -0.2) is 0 Å². The van der Waals surface area contributed by atoms with E-state index in [0.29, 0.717) is 0 Å². The van der Waals surface area contributed by atoms with Crippen LogP contribution in [0.4, 0.5) is 0 Å². The minimum Gasteiger partial charge on any atom is -0.385 e. The molecule has 0 aromatic carbocycles. The van der Waals surface area contributed by atoms with E-state index in [0.717, 1.165) is 51.9 Å². The Kier molecular flexibility index (Phi) is 9.68. The van der Waals surface area contributed by atoms with E-state index < -0.39 is 0 Å². The fraction of sp³-hybridized carbons (Fsp3) is 0.909. The molecule has 16 heavy (non-hydrogen) atoms. The third kappa shape index (κ3) is 6.30. The Morgan fingerprint density at radius 3 is 2.94 bits per heavy atom. The van der Waals surface area contributed by atoms with Gasteiger partial charge in [-0.1, -0.05) is 0 Å². The third-order valence-electron chi connectivity index (χ3n) is 2.74. The highest BCUT2D eigenvalue weighted by atomic mass is 35.5. The maximum absolute atomic E-state index is 11.6. The predicted octanol–water partition coefficient (Wildman–Crippen LogP) is 0.951. The van der Waals surface area contributed by atoms with E-state index in [2.05, 4.69) is 10.6 Å². The molecule has 1 atom stereocenters. The lowest BCUT2D eigenvalue weighted by molar-refractivity contribution is -0.125. The van der Waals surface area contributed by atoms with Gasteiger partial charge < -0.3 is 15.4 Å².